The fourth-order valence-electron chi connectivity index (χ4n) is 2.81. The van der Waals surface area contributed by atoms with Crippen molar-refractivity contribution in [2.24, 2.45) is 10.7 Å². The molecule has 0 aliphatic heterocycles. The molecule has 0 fully saturated rings. The van der Waals surface area contributed by atoms with E-state index in [9.17, 15) is 17.6 Å². The number of nitrogens with two attached hydrogens (primary N) is 1. The van der Waals surface area contributed by atoms with Crippen LogP contribution in [0.15, 0.2) is 78.6 Å². The Morgan fingerprint density at radius 2 is 1.83 bits per heavy atom. The maximum atomic E-state index is 14.7. The summed E-state index contributed by atoms with van der Waals surface area (Å²) in [6, 6.07) is 4.17. The molecule has 0 radical (unpaired) electrons. The lowest BCUT2D eigenvalue weighted by Crippen LogP contribution is -2.11. The van der Waals surface area contributed by atoms with Gasteiger partial charge in [0.2, 0.25) is 11.8 Å². The van der Waals surface area contributed by atoms with Gasteiger partial charge < -0.3 is 21.7 Å². The Morgan fingerprint density at radius 3 is 2.44 bits per heavy atom. The molecule has 0 saturated heterocycles. The molecular weight excluding hydrogens is 478 g/mol. The minimum absolute atomic E-state index is 0.0142. The maximum Gasteiger partial charge on any atom is 0.451 e. The Hall–Kier alpha value is -4.81. The second-order valence-corrected chi connectivity index (χ2v) is 7.06. The number of rotatable bonds is 9. The van der Waals surface area contributed by atoms with Crippen molar-refractivity contribution in [2.45, 2.75) is 6.18 Å². The zero-order valence-corrected chi connectivity index (χ0v) is 18.9. The highest BCUT2D eigenvalue weighted by Gasteiger charge is 2.34. The number of hydrogen-bond acceptors (Lipinski definition) is 9. The van der Waals surface area contributed by atoms with E-state index in [0.717, 1.165) is 12.4 Å². The molecule has 0 atom stereocenters. The molecule has 9 nitrogen and oxygen atoms in total. The summed E-state index contributed by atoms with van der Waals surface area (Å²) >= 11 is 0. The Labute approximate surface area is 203 Å². The number of nitrogens with one attached hydrogen (secondary N) is 3. The van der Waals surface area contributed by atoms with Gasteiger partial charge in [-0.25, -0.2) is 19.3 Å². The first-order chi connectivity index (χ1) is 17.1. The molecule has 0 amide bonds. The van der Waals surface area contributed by atoms with Crippen molar-refractivity contribution < 1.29 is 17.6 Å². The number of hydrogen-bond donors (Lipinski definition) is 4. The van der Waals surface area contributed by atoms with Gasteiger partial charge in [-0.05, 0) is 24.3 Å². The lowest BCUT2D eigenvalue weighted by molar-refractivity contribution is -0.144. The van der Waals surface area contributed by atoms with E-state index in [1.165, 1.54) is 49.9 Å². The van der Waals surface area contributed by atoms with E-state index in [2.05, 4.69) is 54.0 Å². The Balaban J connectivity index is 2.06. The SMILES string of the molecule is C=CC(=C)Nc1ccc(F)c(Nc2nc(N/C(C=NC)=C/N)ncc2-c2cnc(C(F)(F)F)nc2)c1. The van der Waals surface area contributed by atoms with Gasteiger partial charge >= 0.3 is 6.18 Å². The second-order valence-electron chi connectivity index (χ2n) is 7.06. The average molecular weight is 499 g/mol. The first kappa shape index (κ1) is 25.8. The van der Waals surface area contributed by atoms with Crippen LogP contribution in [-0.4, -0.2) is 33.2 Å². The van der Waals surface area contributed by atoms with Crippen LogP contribution in [0.25, 0.3) is 11.1 Å². The van der Waals surface area contributed by atoms with Crippen LogP contribution in [0, 0.1) is 5.82 Å². The van der Waals surface area contributed by atoms with E-state index in [-0.39, 0.29) is 28.6 Å². The van der Waals surface area contributed by atoms with Crippen molar-refractivity contribution in [1.29, 1.82) is 0 Å². The van der Waals surface area contributed by atoms with Gasteiger partial charge in [-0.1, -0.05) is 13.2 Å². The number of aliphatic imine (C=N–C) groups is 1. The fourth-order valence-corrected chi connectivity index (χ4v) is 2.81. The number of allylic oxidation sites excluding steroid dienone is 2. The van der Waals surface area contributed by atoms with Crippen LogP contribution in [-0.2, 0) is 6.18 Å². The number of alkyl halides is 3. The van der Waals surface area contributed by atoms with Crippen molar-refractivity contribution in [3.05, 3.63) is 85.3 Å². The number of halogens is 4. The van der Waals surface area contributed by atoms with Crippen molar-refractivity contribution in [1.82, 2.24) is 19.9 Å². The monoisotopic (exact) mass is 499 g/mol. The summed E-state index contributed by atoms with van der Waals surface area (Å²) in [5.41, 5.74) is 7.31. The quantitative estimate of drug-likeness (QED) is 0.187. The van der Waals surface area contributed by atoms with Crippen LogP contribution in [0.2, 0.25) is 0 Å². The minimum atomic E-state index is -4.71. The average Bonchev–Trinajstić information content (AvgIpc) is 2.85. The van der Waals surface area contributed by atoms with E-state index < -0.39 is 17.8 Å². The van der Waals surface area contributed by atoms with Gasteiger partial charge in [0.15, 0.2) is 0 Å². The van der Waals surface area contributed by atoms with Gasteiger partial charge in [0.25, 0.3) is 0 Å². The first-order valence-corrected chi connectivity index (χ1v) is 10.2. The predicted octanol–water partition coefficient (Wildman–Crippen LogP) is 4.86. The molecule has 0 saturated carbocycles. The van der Waals surface area contributed by atoms with Gasteiger partial charge in [0.1, 0.15) is 11.6 Å². The zero-order chi connectivity index (χ0) is 26.3. The fraction of sp³-hybridized carbons (Fsp3) is 0.0870. The lowest BCUT2D eigenvalue weighted by atomic mass is 10.1. The lowest BCUT2D eigenvalue weighted by Gasteiger charge is -2.15. The third kappa shape index (κ3) is 6.40. The third-order valence-electron chi connectivity index (χ3n) is 4.48. The number of benzene rings is 1. The molecule has 0 aliphatic rings. The molecule has 2 heterocycles. The van der Waals surface area contributed by atoms with Gasteiger partial charge in [-0.3, -0.25) is 4.99 Å². The normalized spacial score (nSPS) is 11.9. The summed E-state index contributed by atoms with van der Waals surface area (Å²) < 4.78 is 53.4. The summed E-state index contributed by atoms with van der Waals surface area (Å²) in [4.78, 5) is 19.1. The predicted molar refractivity (Wildman–Crippen MR) is 131 cm³/mol. The number of aromatic nitrogens is 4. The van der Waals surface area contributed by atoms with Crippen LogP contribution in [0.5, 0.6) is 0 Å². The molecule has 3 rings (SSSR count). The van der Waals surface area contributed by atoms with Gasteiger partial charge in [-0.2, -0.15) is 18.2 Å². The molecule has 0 spiro atoms. The van der Waals surface area contributed by atoms with E-state index in [4.69, 9.17) is 5.73 Å². The highest BCUT2D eigenvalue weighted by Crippen LogP contribution is 2.32. The van der Waals surface area contributed by atoms with Crippen LogP contribution in [0.4, 0.5) is 40.7 Å². The van der Waals surface area contributed by atoms with Crippen LogP contribution in [0.3, 0.4) is 0 Å². The number of anilines is 4. The summed E-state index contributed by atoms with van der Waals surface area (Å²) in [5, 5.41) is 8.64. The summed E-state index contributed by atoms with van der Waals surface area (Å²) in [7, 11) is 1.54. The molecule has 1 aromatic carbocycles. The van der Waals surface area contributed by atoms with Crippen molar-refractivity contribution in [3.8, 4) is 11.1 Å². The van der Waals surface area contributed by atoms with Crippen molar-refractivity contribution in [2.75, 3.05) is 23.0 Å². The Bertz CT molecular complexity index is 1320. The largest absolute Gasteiger partial charge is 0.451 e. The zero-order valence-electron chi connectivity index (χ0n) is 18.9. The molecule has 3 aromatic rings. The molecular formula is C23H21F4N9. The molecule has 0 bridgehead atoms. The molecule has 5 N–H and O–H groups in total. The molecule has 13 heteroatoms. The van der Waals surface area contributed by atoms with Crippen molar-refractivity contribution >= 4 is 29.4 Å². The van der Waals surface area contributed by atoms with Gasteiger partial charge in [0, 0.05) is 60.6 Å². The minimum Gasteiger partial charge on any atom is -0.403 e. The number of nitrogens with zero attached hydrogens (tertiary/aromatic N) is 5. The maximum absolute atomic E-state index is 14.7. The molecule has 36 heavy (non-hydrogen) atoms. The topological polar surface area (TPSA) is 126 Å². The summed E-state index contributed by atoms with van der Waals surface area (Å²) in [5.74, 6) is -1.81. The van der Waals surface area contributed by atoms with E-state index >= 15 is 0 Å². The second kappa shape index (κ2) is 11.1. The Morgan fingerprint density at radius 1 is 1.11 bits per heavy atom. The highest BCUT2D eigenvalue weighted by atomic mass is 19.4. The van der Waals surface area contributed by atoms with E-state index in [0.29, 0.717) is 17.1 Å². The standard InChI is InChI=1S/C23H21F4N9/c1-4-13(2)33-15-5-6-18(24)19(7-15)35-20-17(14-9-30-21(31-10-14)23(25,26)27)12-32-22(36-20)34-16(8-28)11-29-3/h4-12,33H,1-2,28H2,3H3,(H2,32,34,35,36)/b16-8+,29-11?. The molecule has 2 aromatic heterocycles. The van der Waals surface area contributed by atoms with Gasteiger partial charge in [0.05, 0.1) is 11.4 Å². The van der Waals surface area contributed by atoms with Crippen LogP contribution in [0.1, 0.15) is 5.82 Å². The molecule has 0 aliphatic carbocycles. The third-order valence-corrected chi connectivity index (χ3v) is 4.48. The van der Waals surface area contributed by atoms with E-state index in [1.807, 2.05) is 0 Å². The highest BCUT2D eigenvalue weighted by molar-refractivity contribution is 5.83. The molecule has 186 valence electrons. The van der Waals surface area contributed by atoms with Crippen LogP contribution >= 0.6 is 0 Å². The summed E-state index contributed by atoms with van der Waals surface area (Å²) in [6.45, 7) is 7.36. The first-order valence-electron chi connectivity index (χ1n) is 10.2. The van der Waals surface area contributed by atoms with Gasteiger partial charge in [-0.15, -0.1) is 0 Å². The van der Waals surface area contributed by atoms with Crippen molar-refractivity contribution in [3.63, 3.8) is 0 Å². The van der Waals surface area contributed by atoms with E-state index in [1.54, 1.807) is 0 Å². The summed E-state index contributed by atoms with van der Waals surface area (Å²) in [6.07, 6.45) is 2.72. The van der Waals surface area contributed by atoms with Crippen LogP contribution < -0.4 is 21.7 Å². The molecule has 0 unspecified atom stereocenters. The Kier molecular flexibility index (Phi) is 7.94. The smallest absolute Gasteiger partial charge is 0.403 e.